The molecule has 0 aromatic heterocycles. The molecule has 1 N–H and O–H groups in total. The highest BCUT2D eigenvalue weighted by molar-refractivity contribution is 5.81. The molecule has 0 aromatic carbocycles. The summed E-state index contributed by atoms with van der Waals surface area (Å²) in [4.78, 5) is 14.0. The van der Waals surface area contributed by atoms with Crippen LogP contribution in [0.1, 0.15) is 27.7 Å². The fourth-order valence-corrected chi connectivity index (χ4v) is 1.67. The summed E-state index contributed by atoms with van der Waals surface area (Å²) < 4.78 is 5.47. The van der Waals surface area contributed by atoms with E-state index in [1.54, 1.807) is 0 Å². The summed E-state index contributed by atoms with van der Waals surface area (Å²) in [5.41, 5.74) is 0. The maximum atomic E-state index is 11.7. The van der Waals surface area contributed by atoms with Gasteiger partial charge in [-0.15, -0.1) is 0 Å². The van der Waals surface area contributed by atoms with Gasteiger partial charge in [0.25, 0.3) is 5.91 Å². The van der Waals surface area contributed by atoms with Crippen molar-refractivity contribution in [2.24, 2.45) is 0 Å². The maximum Gasteiger partial charge on any atom is 0.250 e. The van der Waals surface area contributed by atoms with Gasteiger partial charge in [-0.25, -0.2) is 0 Å². The van der Waals surface area contributed by atoms with Gasteiger partial charge < -0.3 is 10.1 Å². The largest absolute Gasteiger partial charge is 0.366 e. The number of carbonyl (C=O) groups excluding carboxylic acids is 1. The van der Waals surface area contributed by atoms with E-state index in [0.29, 0.717) is 19.2 Å². The van der Waals surface area contributed by atoms with E-state index in [0.717, 1.165) is 6.54 Å². The second-order valence-corrected chi connectivity index (χ2v) is 4.61. The molecule has 0 saturated carbocycles. The van der Waals surface area contributed by atoms with Crippen LogP contribution in [0.5, 0.6) is 0 Å². The lowest BCUT2D eigenvalue weighted by atomic mass is 10.2. The fourth-order valence-electron chi connectivity index (χ4n) is 1.67. The van der Waals surface area contributed by atoms with Gasteiger partial charge in [0.2, 0.25) is 0 Å². The third kappa shape index (κ3) is 3.80. The van der Waals surface area contributed by atoms with Crippen molar-refractivity contribution >= 4 is 5.91 Å². The Kier molecular flexibility index (Phi) is 4.54. The van der Waals surface area contributed by atoms with Gasteiger partial charge in [-0.1, -0.05) is 0 Å². The number of hydrogen-bond acceptors (Lipinski definition) is 3. The van der Waals surface area contributed by atoms with E-state index in [1.165, 1.54) is 0 Å². The average Bonchev–Trinajstić information content (AvgIpc) is 2.17. The summed E-state index contributed by atoms with van der Waals surface area (Å²) in [6.07, 6.45) is -0.302. The first-order chi connectivity index (χ1) is 7.00. The average molecular weight is 214 g/mol. The Hall–Kier alpha value is -0.610. The quantitative estimate of drug-likeness (QED) is 0.749. The lowest BCUT2D eigenvalue weighted by molar-refractivity contribution is -0.139. The van der Waals surface area contributed by atoms with Crippen LogP contribution in [-0.2, 0) is 9.53 Å². The number of hydrogen-bond donors (Lipinski definition) is 1. The Morgan fingerprint density at radius 2 is 2.07 bits per heavy atom. The number of rotatable bonds is 3. The number of morpholine rings is 1. The standard InChI is InChI=1S/C11H22N2O2/c1-8(2)12-11(14)10-7-13(9(3)4)5-6-15-10/h8-10H,5-7H2,1-4H3,(H,12,14)/t10-/m0/s1. The summed E-state index contributed by atoms with van der Waals surface area (Å²) in [6, 6.07) is 0.652. The van der Waals surface area contributed by atoms with Crippen LogP contribution >= 0.6 is 0 Å². The second kappa shape index (κ2) is 5.47. The summed E-state index contributed by atoms with van der Waals surface area (Å²) in [7, 11) is 0. The molecule has 1 rings (SSSR count). The Balaban J connectivity index is 2.45. The number of ether oxygens (including phenoxy) is 1. The van der Waals surface area contributed by atoms with Gasteiger partial charge in [0, 0.05) is 25.2 Å². The smallest absolute Gasteiger partial charge is 0.250 e. The van der Waals surface area contributed by atoms with Crippen molar-refractivity contribution in [3.63, 3.8) is 0 Å². The van der Waals surface area contributed by atoms with Gasteiger partial charge in [-0.3, -0.25) is 9.69 Å². The molecule has 0 unspecified atom stereocenters. The van der Waals surface area contributed by atoms with Crippen molar-refractivity contribution in [3.8, 4) is 0 Å². The van der Waals surface area contributed by atoms with Crippen LogP contribution in [0.15, 0.2) is 0 Å². The van der Waals surface area contributed by atoms with Crippen LogP contribution in [0.25, 0.3) is 0 Å². The van der Waals surface area contributed by atoms with E-state index in [-0.39, 0.29) is 18.1 Å². The van der Waals surface area contributed by atoms with E-state index in [1.807, 2.05) is 13.8 Å². The normalized spacial score (nSPS) is 23.5. The van der Waals surface area contributed by atoms with Crippen LogP contribution in [0, 0.1) is 0 Å². The predicted octanol–water partition coefficient (Wildman–Crippen LogP) is 0.620. The van der Waals surface area contributed by atoms with E-state index < -0.39 is 0 Å². The number of nitrogens with one attached hydrogen (secondary N) is 1. The SMILES string of the molecule is CC(C)NC(=O)[C@@H]1CN(C(C)C)CCO1. The van der Waals surface area contributed by atoms with Gasteiger partial charge >= 0.3 is 0 Å². The Morgan fingerprint density at radius 1 is 1.40 bits per heavy atom. The van der Waals surface area contributed by atoms with E-state index in [2.05, 4.69) is 24.1 Å². The predicted molar refractivity (Wildman–Crippen MR) is 59.7 cm³/mol. The molecule has 1 aliphatic rings. The Morgan fingerprint density at radius 3 is 2.60 bits per heavy atom. The third-order valence-corrected chi connectivity index (χ3v) is 2.55. The number of carbonyl (C=O) groups is 1. The zero-order valence-electron chi connectivity index (χ0n) is 10.1. The van der Waals surface area contributed by atoms with Gasteiger partial charge in [0.1, 0.15) is 6.10 Å². The maximum absolute atomic E-state index is 11.7. The van der Waals surface area contributed by atoms with Crippen molar-refractivity contribution in [2.75, 3.05) is 19.7 Å². The van der Waals surface area contributed by atoms with E-state index >= 15 is 0 Å². The first kappa shape index (κ1) is 12.5. The van der Waals surface area contributed by atoms with Crippen molar-refractivity contribution in [1.29, 1.82) is 0 Å². The molecule has 0 radical (unpaired) electrons. The molecule has 0 aromatic rings. The minimum Gasteiger partial charge on any atom is -0.366 e. The van der Waals surface area contributed by atoms with E-state index in [4.69, 9.17) is 4.74 Å². The third-order valence-electron chi connectivity index (χ3n) is 2.55. The van der Waals surface area contributed by atoms with Gasteiger partial charge in [0.05, 0.1) is 6.61 Å². The zero-order valence-corrected chi connectivity index (χ0v) is 10.1. The molecule has 1 aliphatic heterocycles. The molecule has 0 aliphatic carbocycles. The number of nitrogens with zero attached hydrogens (tertiary/aromatic N) is 1. The fraction of sp³-hybridized carbons (Fsp3) is 0.909. The molecule has 88 valence electrons. The van der Waals surface area contributed by atoms with Crippen molar-refractivity contribution < 1.29 is 9.53 Å². The summed E-state index contributed by atoms with van der Waals surface area (Å²) in [6.45, 7) is 10.5. The summed E-state index contributed by atoms with van der Waals surface area (Å²) >= 11 is 0. The van der Waals surface area contributed by atoms with Gasteiger partial charge in [-0.2, -0.15) is 0 Å². The van der Waals surface area contributed by atoms with Gasteiger partial charge in [-0.05, 0) is 27.7 Å². The van der Waals surface area contributed by atoms with E-state index in [9.17, 15) is 4.79 Å². The molecule has 4 nitrogen and oxygen atoms in total. The summed E-state index contributed by atoms with van der Waals surface area (Å²) in [5, 5.41) is 2.88. The second-order valence-electron chi connectivity index (χ2n) is 4.61. The van der Waals surface area contributed by atoms with Crippen LogP contribution in [0.4, 0.5) is 0 Å². The highest BCUT2D eigenvalue weighted by Gasteiger charge is 2.27. The molecule has 1 atom stereocenters. The van der Waals surface area contributed by atoms with Crippen LogP contribution in [0.2, 0.25) is 0 Å². The lowest BCUT2D eigenvalue weighted by Crippen LogP contribution is -2.52. The Labute approximate surface area is 92.0 Å². The summed E-state index contributed by atoms with van der Waals surface area (Å²) in [5.74, 6) is 0.00958. The van der Waals surface area contributed by atoms with Crippen molar-refractivity contribution in [1.82, 2.24) is 10.2 Å². The van der Waals surface area contributed by atoms with Crippen LogP contribution in [0.3, 0.4) is 0 Å². The molecule has 0 spiro atoms. The molecular formula is C11H22N2O2. The van der Waals surface area contributed by atoms with Crippen molar-refractivity contribution in [2.45, 2.75) is 45.9 Å². The Bertz CT molecular complexity index is 217. The molecule has 4 heteroatoms. The topological polar surface area (TPSA) is 41.6 Å². The first-order valence-electron chi connectivity index (χ1n) is 5.66. The highest BCUT2D eigenvalue weighted by atomic mass is 16.5. The molecule has 1 amide bonds. The molecular weight excluding hydrogens is 192 g/mol. The van der Waals surface area contributed by atoms with Gasteiger partial charge in [0.15, 0.2) is 0 Å². The number of amides is 1. The lowest BCUT2D eigenvalue weighted by Gasteiger charge is -2.34. The first-order valence-corrected chi connectivity index (χ1v) is 5.66. The monoisotopic (exact) mass is 214 g/mol. The van der Waals surface area contributed by atoms with Crippen LogP contribution in [-0.4, -0.2) is 48.7 Å². The van der Waals surface area contributed by atoms with Crippen LogP contribution < -0.4 is 5.32 Å². The molecule has 1 saturated heterocycles. The molecule has 1 fully saturated rings. The zero-order chi connectivity index (χ0) is 11.4. The minimum absolute atomic E-state index is 0.00958. The minimum atomic E-state index is -0.302. The van der Waals surface area contributed by atoms with Crippen molar-refractivity contribution in [3.05, 3.63) is 0 Å². The molecule has 1 heterocycles. The molecule has 0 bridgehead atoms. The molecule has 15 heavy (non-hydrogen) atoms. The highest BCUT2D eigenvalue weighted by Crippen LogP contribution is 2.08.